The third-order valence-electron chi connectivity index (χ3n) is 17.2. The van der Waals surface area contributed by atoms with Gasteiger partial charge in [0, 0.05) is 29.3 Å². The molecule has 0 saturated heterocycles. The largest absolute Gasteiger partial charge is 0.458 e. The zero-order chi connectivity index (χ0) is 51.7. The minimum atomic E-state index is -0.213. The first kappa shape index (κ1) is 44.8. The van der Waals surface area contributed by atoms with Gasteiger partial charge in [-0.2, -0.15) is 0 Å². The quantitative estimate of drug-likeness (QED) is 0.129. The van der Waals surface area contributed by atoms with Crippen LogP contribution in [0.5, 0.6) is 57.5 Å². The predicted octanol–water partition coefficient (Wildman–Crippen LogP) is 11.3. The molecule has 0 aliphatic carbocycles. The molecule has 0 saturated carbocycles. The summed E-state index contributed by atoms with van der Waals surface area (Å²) < 4.78 is 38.1. The van der Waals surface area contributed by atoms with Gasteiger partial charge in [-0.1, -0.05) is 103 Å². The molecule has 6 aliphatic rings. The van der Waals surface area contributed by atoms with Gasteiger partial charge >= 0.3 is 0 Å². The fourth-order valence-corrected chi connectivity index (χ4v) is 14.7. The van der Waals surface area contributed by atoms with Crippen LogP contribution in [-0.4, -0.2) is 26.4 Å². The number of nitrogens with zero attached hydrogens (tertiary/aromatic N) is 1. The second-order valence-corrected chi connectivity index (χ2v) is 22.4. The Hall–Kier alpha value is -8.46. The van der Waals surface area contributed by atoms with Crippen molar-refractivity contribution in [2.24, 2.45) is 0 Å². The Kier molecular flexibility index (Phi) is 9.47. The Morgan fingerprint density at radius 2 is 0.649 bits per heavy atom. The highest BCUT2D eigenvalue weighted by atomic mass is 32.2. The average Bonchev–Trinajstić information content (AvgIpc) is 3.43. The maximum atomic E-state index is 7.38. The molecule has 10 aromatic carbocycles. The van der Waals surface area contributed by atoms with E-state index >= 15 is 0 Å². The van der Waals surface area contributed by atoms with Crippen molar-refractivity contribution < 1.29 is 23.7 Å². The molecule has 0 bridgehead atoms. The minimum Gasteiger partial charge on any atom is -0.458 e. The smallest absolute Gasteiger partial charge is 0.260 e. The minimum absolute atomic E-state index is 0.140. The lowest BCUT2D eigenvalue weighted by molar-refractivity contribution is 0.456. The van der Waals surface area contributed by atoms with Gasteiger partial charge in [-0.3, -0.25) is 4.31 Å². The van der Waals surface area contributed by atoms with Crippen molar-refractivity contribution in [3.63, 3.8) is 0 Å². The summed E-state index contributed by atoms with van der Waals surface area (Å²) in [6.45, 7) is 12.6. The van der Waals surface area contributed by atoms with Crippen LogP contribution in [0.15, 0.2) is 164 Å². The molecule has 6 heterocycles. The first-order chi connectivity index (χ1) is 37.6. The van der Waals surface area contributed by atoms with E-state index < -0.39 is 0 Å². The van der Waals surface area contributed by atoms with E-state index in [9.17, 15) is 0 Å². The normalized spacial score (nSPS) is 13.9. The van der Waals surface area contributed by atoms with E-state index in [0.29, 0.717) is 0 Å². The maximum Gasteiger partial charge on any atom is 0.260 e. The molecule has 77 heavy (non-hydrogen) atoms. The summed E-state index contributed by atoms with van der Waals surface area (Å²) in [5.41, 5.74) is 26.2. The van der Waals surface area contributed by atoms with Gasteiger partial charge in [-0.05, 0) is 207 Å². The summed E-state index contributed by atoms with van der Waals surface area (Å²) in [4.78, 5) is 0. The van der Waals surface area contributed by atoms with Crippen molar-refractivity contribution in [3.8, 4) is 90.9 Å². The molecule has 0 spiro atoms. The monoisotopic (exact) mass is 1010 g/mol. The fourth-order valence-electron chi connectivity index (χ4n) is 14.0. The number of para-hydroxylation sites is 2. The fraction of sp³-hybridized carbons (Fsp3) is 0.104. The molecule has 0 aromatic heterocycles. The summed E-state index contributed by atoms with van der Waals surface area (Å²) in [6.07, 6.45) is 2.17. The van der Waals surface area contributed by atoms with E-state index in [4.69, 9.17) is 23.7 Å². The number of rotatable bonds is 4. The molecule has 366 valence electrons. The van der Waals surface area contributed by atoms with Crippen LogP contribution in [0.25, 0.3) is 33.4 Å². The molecule has 0 unspecified atom stereocenters. The van der Waals surface area contributed by atoms with E-state index in [1.165, 1.54) is 55.5 Å². The van der Waals surface area contributed by atoms with Crippen LogP contribution >= 0.6 is 11.9 Å². The molecule has 6 aliphatic heterocycles. The third kappa shape index (κ3) is 6.36. The van der Waals surface area contributed by atoms with Crippen molar-refractivity contribution in [3.05, 3.63) is 197 Å². The Labute approximate surface area is 454 Å². The maximum absolute atomic E-state index is 7.38. The number of hydrogen-bond donors (Lipinski definition) is 0. The van der Waals surface area contributed by atoms with Crippen molar-refractivity contribution in [1.82, 2.24) is 0 Å². The Bertz CT molecular complexity index is 4260. The summed E-state index contributed by atoms with van der Waals surface area (Å²) in [5, 5.41) is 0. The SMILES string of the molecule is CSN1c2cc3c(cc2B2c4cc5c(cc4Oc4cc(-c6c(C)cccc6C)cc1c42)Oc1cc(-c2c(C)cccc2C)cc2c1B5c1ccccc1O2)B1c2ccccc2Oc2cc(-c4c(C)cccc4C)cc(c21)O3. The van der Waals surface area contributed by atoms with Crippen LogP contribution < -0.4 is 77.2 Å². The molecule has 6 nitrogen and oxygen atoms in total. The first-order valence-corrected chi connectivity index (χ1v) is 27.8. The summed E-state index contributed by atoms with van der Waals surface area (Å²) in [7, 11) is 0. The van der Waals surface area contributed by atoms with Crippen LogP contribution in [0.1, 0.15) is 33.4 Å². The van der Waals surface area contributed by atoms with Gasteiger partial charge in [0.2, 0.25) is 0 Å². The van der Waals surface area contributed by atoms with Gasteiger partial charge < -0.3 is 23.7 Å². The van der Waals surface area contributed by atoms with Gasteiger partial charge in [-0.15, -0.1) is 0 Å². The van der Waals surface area contributed by atoms with Crippen molar-refractivity contribution in [1.29, 1.82) is 0 Å². The van der Waals surface area contributed by atoms with E-state index in [0.717, 1.165) is 129 Å². The Morgan fingerprint density at radius 1 is 0.299 bits per heavy atom. The van der Waals surface area contributed by atoms with E-state index in [2.05, 4.69) is 216 Å². The number of ether oxygens (including phenoxy) is 5. The molecule has 10 aromatic rings. The molecule has 0 fully saturated rings. The van der Waals surface area contributed by atoms with Crippen LogP contribution in [0.4, 0.5) is 11.4 Å². The standard InChI is InChI=1S/C67H48B3NO5S/c1-35-15-12-16-36(2)62(35)41-25-51-65-57(26-41)75-56-34-55-48(69-45-22-9-11-24-53(45)73-59-28-43(30-61(76-55)67(59)69)64-39(5)19-14-20-40(64)6)32-49(56)70(65)46-31-47-54(33-50(46)71(51)77-7)74-60-29-42(63-37(3)17-13-18-38(63)4)27-58-66(60)68(47)44-21-8-10-23-52(44)72-58/h8-34H,1-7H3. The summed E-state index contributed by atoms with van der Waals surface area (Å²) >= 11 is 1.71. The second-order valence-electron chi connectivity index (χ2n) is 21.7. The van der Waals surface area contributed by atoms with E-state index in [-0.39, 0.29) is 20.1 Å². The van der Waals surface area contributed by atoms with Crippen LogP contribution in [0.3, 0.4) is 0 Å². The second kappa shape index (κ2) is 16.3. The van der Waals surface area contributed by atoms with Gasteiger partial charge in [-0.25, -0.2) is 0 Å². The Balaban J connectivity index is 0.936. The average molecular weight is 1010 g/mol. The number of fused-ring (bicyclic) bond motifs is 12. The number of aryl methyl sites for hydroxylation is 6. The lowest BCUT2D eigenvalue weighted by Gasteiger charge is -2.41. The zero-order valence-electron chi connectivity index (χ0n) is 43.7. The topological polar surface area (TPSA) is 49.4 Å². The van der Waals surface area contributed by atoms with Gasteiger partial charge in [0.1, 0.15) is 57.5 Å². The number of hydrogen-bond acceptors (Lipinski definition) is 7. The van der Waals surface area contributed by atoms with Crippen molar-refractivity contribution >= 4 is 92.6 Å². The summed E-state index contributed by atoms with van der Waals surface area (Å²) in [6, 6.07) is 59.3. The van der Waals surface area contributed by atoms with Crippen molar-refractivity contribution in [2.75, 3.05) is 10.6 Å². The molecule has 16 rings (SSSR count). The van der Waals surface area contributed by atoms with Gasteiger partial charge in [0.25, 0.3) is 20.1 Å². The first-order valence-electron chi connectivity index (χ1n) is 26.6. The molecular weight excluding hydrogens is 963 g/mol. The zero-order valence-corrected chi connectivity index (χ0v) is 44.5. The summed E-state index contributed by atoms with van der Waals surface area (Å²) in [5.74, 6) is 8.21. The van der Waals surface area contributed by atoms with Crippen molar-refractivity contribution in [2.45, 2.75) is 41.5 Å². The molecule has 0 atom stereocenters. The van der Waals surface area contributed by atoms with Crippen LogP contribution in [0.2, 0.25) is 0 Å². The van der Waals surface area contributed by atoms with Gasteiger partial charge in [0.15, 0.2) is 0 Å². The van der Waals surface area contributed by atoms with Crippen LogP contribution in [-0.2, 0) is 0 Å². The highest BCUT2D eigenvalue weighted by Crippen LogP contribution is 2.47. The lowest BCUT2D eigenvalue weighted by Crippen LogP contribution is -2.64. The lowest BCUT2D eigenvalue weighted by atomic mass is 9.30. The molecule has 0 amide bonds. The molecule has 0 radical (unpaired) electrons. The van der Waals surface area contributed by atoms with Gasteiger partial charge in [0.05, 0.1) is 11.4 Å². The van der Waals surface area contributed by atoms with E-state index in [1.54, 1.807) is 11.9 Å². The predicted molar refractivity (Wildman–Crippen MR) is 320 cm³/mol. The number of benzene rings is 10. The van der Waals surface area contributed by atoms with E-state index in [1.807, 2.05) is 0 Å². The third-order valence-corrected chi connectivity index (χ3v) is 18.0. The molecule has 0 N–H and O–H groups in total. The highest BCUT2D eigenvalue weighted by Gasteiger charge is 2.48. The Morgan fingerprint density at radius 3 is 1.08 bits per heavy atom. The number of anilines is 2. The van der Waals surface area contributed by atoms with Crippen LogP contribution in [0, 0.1) is 41.5 Å². The molecular formula is C67H48B3NO5S. The highest BCUT2D eigenvalue weighted by molar-refractivity contribution is 8.00. The molecule has 10 heteroatoms.